The van der Waals surface area contributed by atoms with Gasteiger partial charge in [-0.05, 0) is 50.3 Å². The highest BCUT2D eigenvalue weighted by Gasteiger charge is 2.21. The van der Waals surface area contributed by atoms with E-state index in [1.54, 1.807) is 0 Å². The molecule has 1 saturated heterocycles. The van der Waals surface area contributed by atoms with Gasteiger partial charge in [0.05, 0.1) is 0 Å². The Bertz CT molecular complexity index is 354. The van der Waals surface area contributed by atoms with E-state index in [0.29, 0.717) is 0 Å². The average molecular weight is 246 g/mol. The molecule has 2 unspecified atom stereocenters. The van der Waals surface area contributed by atoms with Crippen LogP contribution >= 0.6 is 0 Å². The first-order chi connectivity index (χ1) is 8.72. The third-order valence-electron chi connectivity index (χ3n) is 4.00. The van der Waals surface area contributed by atoms with E-state index in [4.69, 9.17) is 5.73 Å². The molecule has 0 radical (unpaired) electrons. The second-order valence-electron chi connectivity index (χ2n) is 5.51. The number of hydrogen-bond acceptors (Lipinski definition) is 2. The highest BCUT2D eigenvalue weighted by atomic mass is 15.2. The van der Waals surface area contributed by atoms with Crippen molar-refractivity contribution >= 4 is 5.69 Å². The van der Waals surface area contributed by atoms with Gasteiger partial charge in [-0.2, -0.15) is 0 Å². The van der Waals surface area contributed by atoms with Crippen LogP contribution in [0, 0.1) is 0 Å². The van der Waals surface area contributed by atoms with Crippen molar-refractivity contribution in [2.24, 2.45) is 5.73 Å². The number of benzene rings is 1. The van der Waals surface area contributed by atoms with Crippen molar-refractivity contribution in [2.45, 2.75) is 58.0 Å². The van der Waals surface area contributed by atoms with Crippen LogP contribution in [0.2, 0.25) is 0 Å². The van der Waals surface area contributed by atoms with Crippen molar-refractivity contribution < 1.29 is 0 Å². The van der Waals surface area contributed by atoms with E-state index >= 15 is 0 Å². The fraction of sp³-hybridized carbons (Fsp3) is 0.625. The zero-order chi connectivity index (χ0) is 13.0. The van der Waals surface area contributed by atoms with E-state index in [9.17, 15) is 0 Å². The van der Waals surface area contributed by atoms with Crippen LogP contribution in [0.15, 0.2) is 24.3 Å². The van der Waals surface area contributed by atoms with Crippen LogP contribution in [0.3, 0.4) is 0 Å². The SMILES string of the molecule is CCCC1CCCCN1c1ccc(C(C)N)cc1. The second-order valence-corrected chi connectivity index (χ2v) is 5.51. The number of rotatable bonds is 4. The van der Waals surface area contributed by atoms with Crippen molar-refractivity contribution in [1.82, 2.24) is 0 Å². The number of nitrogens with two attached hydrogens (primary N) is 1. The summed E-state index contributed by atoms with van der Waals surface area (Å²) >= 11 is 0. The minimum atomic E-state index is 0.131. The maximum absolute atomic E-state index is 5.90. The topological polar surface area (TPSA) is 29.3 Å². The maximum Gasteiger partial charge on any atom is 0.0368 e. The fourth-order valence-electron chi connectivity index (χ4n) is 2.94. The molecule has 0 spiro atoms. The van der Waals surface area contributed by atoms with Crippen molar-refractivity contribution in [3.63, 3.8) is 0 Å². The molecule has 2 N–H and O–H groups in total. The molecule has 2 nitrogen and oxygen atoms in total. The first kappa shape index (κ1) is 13.4. The lowest BCUT2D eigenvalue weighted by Crippen LogP contribution is -2.39. The Morgan fingerprint density at radius 1 is 1.28 bits per heavy atom. The van der Waals surface area contributed by atoms with Gasteiger partial charge in [-0.15, -0.1) is 0 Å². The molecular weight excluding hydrogens is 220 g/mol. The minimum Gasteiger partial charge on any atom is -0.369 e. The Labute approximate surface area is 111 Å². The number of piperidine rings is 1. The Kier molecular flexibility index (Phi) is 4.65. The third-order valence-corrected chi connectivity index (χ3v) is 4.00. The molecule has 0 aromatic heterocycles. The van der Waals surface area contributed by atoms with Crippen LogP contribution in [-0.4, -0.2) is 12.6 Å². The zero-order valence-electron chi connectivity index (χ0n) is 11.7. The van der Waals surface area contributed by atoms with Crippen molar-refractivity contribution in [1.29, 1.82) is 0 Å². The van der Waals surface area contributed by atoms with Gasteiger partial charge in [0, 0.05) is 24.3 Å². The minimum absolute atomic E-state index is 0.131. The van der Waals surface area contributed by atoms with E-state index in [1.807, 2.05) is 6.92 Å². The number of anilines is 1. The van der Waals surface area contributed by atoms with Gasteiger partial charge in [0.2, 0.25) is 0 Å². The predicted octanol–water partition coefficient (Wildman–Crippen LogP) is 3.87. The Balaban J connectivity index is 2.12. The molecular formula is C16H26N2. The summed E-state index contributed by atoms with van der Waals surface area (Å²) in [4.78, 5) is 2.60. The molecule has 1 aliphatic heterocycles. The molecule has 1 fully saturated rings. The molecule has 2 rings (SSSR count). The maximum atomic E-state index is 5.90. The van der Waals surface area contributed by atoms with Gasteiger partial charge in [0.25, 0.3) is 0 Å². The first-order valence-corrected chi connectivity index (χ1v) is 7.34. The van der Waals surface area contributed by atoms with E-state index in [-0.39, 0.29) is 6.04 Å². The van der Waals surface area contributed by atoms with Crippen molar-refractivity contribution in [3.8, 4) is 0 Å². The molecule has 0 bridgehead atoms. The van der Waals surface area contributed by atoms with Crippen LogP contribution in [0.5, 0.6) is 0 Å². The van der Waals surface area contributed by atoms with Crippen molar-refractivity contribution in [3.05, 3.63) is 29.8 Å². The second kappa shape index (κ2) is 6.24. The first-order valence-electron chi connectivity index (χ1n) is 7.34. The van der Waals surface area contributed by atoms with E-state index < -0.39 is 0 Å². The van der Waals surface area contributed by atoms with Gasteiger partial charge in [0.15, 0.2) is 0 Å². The molecule has 1 aliphatic rings. The summed E-state index contributed by atoms with van der Waals surface area (Å²) in [5.74, 6) is 0. The molecule has 18 heavy (non-hydrogen) atoms. The van der Waals surface area contributed by atoms with Crippen molar-refractivity contribution in [2.75, 3.05) is 11.4 Å². The summed E-state index contributed by atoms with van der Waals surface area (Å²) in [6.45, 7) is 5.53. The molecule has 1 aromatic rings. The zero-order valence-corrected chi connectivity index (χ0v) is 11.7. The lowest BCUT2D eigenvalue weighted by Gasteiger charge is -2.37. The summed E-state index contributed by atoms with van der Waals surface area (Å²) in [6.07, 6.45) is 6.66. The van der Waals surface area contributed by atoms with Gasteiger partial charge < -0.3 is 10.6 Å². The summed E-state index contributed by atoms with van der Waals surface area (Å²) in [5, 5.41) is 0. The van der Waals surface area contributed by atoms with Crippen LogP contribution < -0.4 is 10.6 Å². The van der Waals surface area contributed by atoms with Crippen LogP contribution in [-0.2, 0) is 0 Å². The van der Waals surface area contributed by atoms with Gasteiger partial charge in [0.1, 0.15) is 0 Å². The lowest BCUT2D eigenvalue weighted by molar-refractivity contribution is 0.435. The summed E-state index contributed by atoms with van der Waals surface area (Å²) < 4.78 is 0. The quantitative estimate of drug-likeness (QED) is 0.874. The normalized spacial score (nSPS) is 21.9. The van der Waals surface area contributed by atoms with Crippen LogP contribution in [0.4, 0.5) is 5.69 Å². The highest BCUT2D eigenvalue weighted by Crippen LogP contribution is 2.28. The fourth-order valence-corrected chi connectivity index (χ4v) is 2.94. The molecule has 2 heteroatoms. The number of hydrogen-bond donors (Lipinski definition) is 1. The summed E-state index contributed by atoms with van der Waals surface area (Å²) in [7, 11) is 0. The Morgan fingerprint density at radius 2 is 2.00 bits per heavy atom. The Hall–Kier alpha value is -1.02. The van der Waals surface area contributed by atoms with Gasteiger partial charge in [-0.1, -0.05) is 25.5 Å². The Morgan fingerprint density at radius 3 is 2.61 bits per heavy atom. The predicted molar refractivity (Wildman–Crippen MR) is 78.9 cm³/mol. The van der Waals surface area contributed by atoms with E-state index in [0.717, 1.165) is 6.04 Å². The molecule has 0 saturated carbocycles. The number of nitrogens with zero attached hydrogens (tertiary/aromatic N) is 1. The van der Waals surface area contributed by atoms with Gasteiger partial charge in [-0.25, -0.2) is 0 Å². The monoisotopic (exact) mass is 246 g/mol. The van der Waals surface area contributed by atoms with Crippen LogP contribution in [0.25, 0.3) is 0 Å². The standard InChI is InChI=1S/C16H26N2/c1-3-6-15-7-4-5-12-18(15)16-10-8-14(9-11-16)13(2)17/h8-11,13,15H,3-7,12,17H2,1-2H3. The largest absolute Gasteiger partial charge is 0.369 e. The molecule has 1 heterocycles. The summed E-state index contributed by atoms with van der Waals surface area (Å²) in [6, 6.07) is 9.71. The molecule has 1 aromatic carbocycles. The highest BCUT2D eigenvalue weighted by molar-refractivity contribution is 5.49. The van der Waals surface area contributed by atoms with Crippen LogP contribution in [0.1, 0.15) is 57.6 Å². The summed E-state index contributed by atoms with van der Waals surface area (Å²) in [5.41, 5.74) is 8.50. The average Bonchev–Trinajstić information content (AvgIpc) is 2.40. The van der Waals surface area contributed by atoms with Gasteiger partial charge >= 0.3 is 0 Å². The molecule has 0 aliphatic carbocycles. The molecule has 0 amide bonds. The molecule has 2 atom stereocenters. The van der Waals surface area contributed by atoms with Gasteiger partial charge in [-0.3, -0.25) is 0 Å². The molecule has 100 valence electrons. The third kappa shape index (κ3) is 3.05. The van der Waals surface area contributed by atoms with E-state index in [1.165, 1.54) is 49.9 Å². The van der Waals surface area contributed by atoms with E-state index in [2.05, 4.69) is 36.1 Å². The smallest absolute Gasteiger partial charge is 0.0368 e. The lowest BCUT2D eigenvalue weighted by atomic mass is 9.97.